The number of nitrogens with zero attached hydrogens (tertiary/aromatic N) is 3. The summed E-state index contributed by atoms with van der Waals surface area (Å²) in [4.78, 5) is 11.0. The van der Waals surface area contributed by atoms with Gasteiger partial charge >= 0.3 is 0 Å². The van der Waals surface area contributed by atoms with Crippen molar-refractivity contribution >= 4 is 0 Å². The number of methoxy groups -OCH3 is 1. The SMILES string of the molecule is COc1nccnc1CN1CCC(OCc2ccccc2)CC1. The number of piperidine rings is 1. The lowest BCUT2D eigenvalue weighted by molar-refractivity contribution is -0.00428. The quantitative estimate of drug-likeness (QED) is 0.820. The van der Waals surface area contributed by atoms with Crippen molar-refractivity contribution in [2.45, 2.75) is 32.1 Å². The van der Waals surface area contributed by atoms with E-state index in [1.165, 1.54) is 5.56 Å². The molecule has 23 heavy (non-hydrogen) atoms. The van der Waals surface area contributed by atoms with Crippen LogP contribution in [0.15, 0.2) is 42.7 Å². The van der Waals surface area contributed by atoms with E-state index in [-0.39, 0.29) is 0 Å². The van der Waals surface area contributed by atoms with Gasteiger partial charge in [-0.1, -0.05) is 30.3 Å². The summed E-state index contributed by atoms with van der Waals surface area (Å²) < 4.78 is 11.3. The minimum atomic E-state index is 0.343. The Hall–Kier alpha value is -1.98. The van der Waals surface area contributed by atoms with Crippen molar-refractivity contribution in [2.75, 3.05) is 20.2 Å². The Bertz CT molecular complexity index is 598. The molecule has 3 rings (SSSR count). The fourth-order valence-electron chi connectivity index (χ4n) is 2.87. The molecule has 0 bridgehead atoms. The summed E-state index contributed by atoms with van der Waals surface area (Å²) in [6.07, 6.45) is 5.82. The first kappa shape index (κ1) is 15.9. The minimum Gasteiger partial charge on any atom is -0.480 e. The van der Waals surface area contributed by atoms with Crippen LogP contribution in [0.25, 0.3) is 0 Å². The van der Waals surface area contributed by atoms with Crippen molar-refractivity contribution in [2.24, 2.45) is 0 Å². The van der Waals surface area contributed by atoms with E-state index in [9.17, 15) is 0 Å². The molecule has 2 heterocycles. The summed E-state index contributed by atoms with van der Waals surface area (Å²) in [7, 11) is 1.64. The summed E-state index contributed by atoms with van der Waals surface area (Å²) in [5, 5.41) is 0. The highest BCUT2D eigenvalue weighted by molar-refractivity contribution is 5.17. The van der Waals surface area contributed by atoms with E-state index >= 15 is 0 Å². The summed E-state index contributed by atoms with van der Waals surface area (Å²) in [5.41, 5.74) is 2.14. The molecular formula is C18H23N3O2. The predicted molar refractivity (Wildman–Crippen MR) is 88.1 cm³/mol. The maximum Gasteiger partial charge on any atom is 0.236 e. The lowest BCUT2D eigenvalue weighted by Crippen LogP contribution is -2.36. The molecule has 0 spiro atoms. The van der Waals surface area contributed by atoms with Crippen LogP contribution in [-0.4, -0.2) is 41.2 Å². The first-order valence-corrected chi connectivity index (χ1v) is 8.07. The zero-order valence-electron chi connectivity index (χ0n) is 13.5. The van der Waals surface area contributed by atoms with Crippen LogP contribution in [0.2, 0.25) is 0 Å². The number of hydrogen-bond donors (Lipinski definition) is 0. The molecule has 5 heteroatoms. The molecular weight excluding hydrogens is 290 g/mol. The number of hydrogen-bond acceptors (Lipinski definition) is 5. The van der Waals surface area contributed by atoms with Crippen LogP contribution in [0.1, 0.15) is 24.1 Å². The predicted octanol–water partition coefficient (Wildman–Crippen LogP) is 2.67. The maximum atomic E-state index is 6.03. The normalized spacial score (nSPS) is 16.4. The summed E-state index contributed by atoms with van der Waals surface area (Å²) >= 11 is 0. The monoisotopic (exact) mass is 313 g/mol. The molecule has 122 valence electrons. The zero-order chi connectivity index (χ0) is 15.9. The molecule has 1 aliphatic rings. The maximum absolute atomic E-state index is 6.03. The standard InChI is InChI=1S/C18H23N3O2/c1-22-18-17(19-9-10-20-18)13-21-11-7-16(8-12-21)23-14-15-5-3-2-4-6-15/h2-6,9-10,16H,7-8,11-14H2,1H3. The van der Waals surface area contributed by atoms with Crippen molar-refractivity contribution in [1.82, 2.24) is 14.9 Å². The van der Waals surface area contributed by atoms with Crippen LogP contribution in [0.3, 0.4) is 0 Å². The van der Waals surface area contributed by atoms with Crippen LogP contribution in [0.5, 0.6) is 5.88 Å². The second-order valence-electron chi connectivity index (χ2n) is 5.78. The Balaban J connectivity index is 1.45. The van der Waals surface area contributed by atoms with Gasteiger partial charge in [-0.2, -0.15) is 0 Å². The molecule has 2 aromatic rings. The zero-order valence-corrected chi connectivity index (χ0v) is 13.5. The van der Waals surface area contributed by atoms with Gasteiger partial charge in [0, 0.05) is 32.0 Å². The van der Waals surface area contributed by atoms with Crippen LogP contribution < -0.4 is 4.74 Å². The Kier molecular flexibility index (Phi) is 5.56. The third kappa shape index (κ3) is 4.50. The Labute approximate surface area is 137 Å². The topological polar surface area (TPSA) is 47.5 Å². The number of benzene rings is 1. The molecule has 0 unspecified atom stereocenters. The molecule has 1 aromatic carbocycles. The van der Waals surface area contributed by atoms with Gasteiger partial charge in [-0.15, -0.1) is 0 Å². The molecule has 5 nitrogen and oxygen atoms in total. The average Bonchev–Trinajstić information content (AvgIpc) is 2.62. The average molecular weight is 313 g/mol. The van der Waals surface area contributed by atoms with E-state index in [4.69, 9.17) is 9.47 Å². The highest BCUT2D eigenvalue weighted by Crippen LogP contribution is 2.19. The van der Waals surface area contributed by atoms with E-state index < -0.39 is 0 Å². The largest absolute Gasteiger partial charge is 0.480 e. The number of likely N-dealkylation sites (tertiary alicyclic amines) is 1. The van der Waals surface area contributed by atoms with E-state index in [0.29, 0.717) is 18.6 Å². The van der Waals surface area contributed by atoms with E-state index in [0.717, 1.165) is 38.2 Å². The number of ether oxygens (including phenoxy) is 2. The highest BCUT2D eigenvalue weighted by atomic mass is 16.5. The first-order chi connectivity index (χ1) is 11.3. The van der Waals surface area contributed by atoms with Gasteiger partial charge < -0.3 is 9.47 Å². The van der Waals surface area contributed by atoms with Crippen molar-refractivity contribution in [1.29, 1.82) is 0 Å². The number of aromatic nitrogens is 2. The van der Waals surface area contributed by atoms with Gasteiger partial charge in [0.15, 0.2) is 0 Å². The molecule has 1 aromatic heterocycles. The van der Waals surface area contributed by atoms with Gasteiger partial charge in [-0.3, -0.25) is 9.88 Å². The Morgan fingerprint density at radius 3 is 2.57 bits per heavy atom. The van der Waals surface area contributed by atoms with Crippen LogP contribution >= 0.6 is 0 Å². The van der Waals surface area contributed by atoms with Gasteiger partial charge in [0.05, 0.1) is 19.8 Å². The molecule has 0 atom stereocenters. The molecule has 1 saturated heterocycles. The van der Waals surface area contributed by atoms with E-state index in [2.05, 4.69) is 39.1 Å². The summed E-state index contributed by atoms with van der Waals surface area (Å²) in [6.45, 7) is 3.50. The second kappa shape index (κ2) is 8.04. The van der Waals surface area contributed by atoms with Crippen molar-refractivity contribution in [3.63, 3.8) is 0 Å². The lowest BCUT2D eigenvalue weighted by atomic mass is 10.1. The van der Waals surface area contributed by atoms with Gasteiger partial charge in [0.1, 0.15) is 5.69 Å². The van der Waals surface area contributed by atoms with Crippen LogP contribution in [0, 0.1) is 0 Å². The van der Waals surface area contributed by atoms with E-state index in [1.54, 1.807) is 19.5 Å². The summed E-state index contributed by atoms with van der Waals surface area (Å²) in [6, 6.07) is 10.3. The van der Waals surface area contributed by atoms with Crippen LogP contribution in [-0.2, 0) is 17.9 Å². The second-order valence-corrected chi connectivity index (χ2v) is 5.78. The van der Waals surface area contributed by atoms with Gasteiger partial charge in [0.2, 0.25) is 5.88 Å². The Morgan fingerprint density at radius 2 is 1.83 bits per heavy atom. The Morgan fingerprint density at radius 1 is 1.09 bits per heavy atom. The molecule has 0 saturated carbocycles. The molecule has 0 amide bonds. The van der Waals surface area contributed by atoms with E-state index in [1.807, 2.05) is 6.07 Å². The number of rotatable bonds is 6. The smallest absolute Gasteiger partial charge is 0.236 e. The van der Waals surface area contributed by atoms with Gasteiger partial charge in [-0.25, -0.2) is 4.98 Å². The first-order valence-electron chi connectivity index (χ1n) is 8.07. The third-order valence-corrected chi connectivity index (χ3v) is 4.17. The van der Waals surface area contributed by atoms with Gasteiger partial charge in [0.25, 0.3) is 0 Å². The molecule has 1 fully saturated rings. The van der Waals surface area contributed by atoms with Crippen molar-refractivity contribution < 1.29 is 9.47 Å². The van der Waals surface area contributed by atoms with Crippen LogP contribution in [0.4, 0.5) is 0 Å². The van der Waals surface area contributed by atoms with Crippen molar-refractivity contribution in [3.8, 4) is 5.88 Å². The molecule has 1 aliphatic heterocycles. The molecule has 0 radical (unpaired) electrons. The lowest BCUT2D eigenvalue weighted by Gasteiger charge is -2.31. The minimum absolute atomic E-state index is 0.343. The third-order valence-electron chi connectivity index (χ3n) is 4.17. The van der Waals surface area contributed by atoms with Gasteiger partial charge in [-0.05, 0) is 18.4 Å². The fourth-order valence-corrected chi connectivity index (χ4v) is 2.87. The van der Waals surface area contributed by atoms with Crippen molar-refractivity contribution in [3.05, 3.63) is 54.0 Å². The fraction of sp³-hybridized carbons (Fsp3) is 0.444. The highest BCUT2D eigenvalue weighted by Gasteiger charge is 2.21. The summed E-state index contributed by atoms with van der Waals surface area (Å²) in [5.74, 6) is 0.620. The molecule has 0 N–H and O–H groups in total. The molecule has 0 aliphatic carbocycles.